The van der Waals surface area contributed by atoms with Crippen molar-refractivity contribution in [1.29, 1.82) is 0 Å². The van der Waals surface area contributed by atoms with E-state index in [0.29, 0.717) is 5.92 Å². The predicted molar refractivity (Wildman–Crippen MR) is 86.9 cm³/mol. The van der Waals surface area contributed by atoms with E-state index in [2.05, 4.69) is 29.8 Å². The van der Waals surface area contributed by atoms with Gasteiger partial charge in [0.05, 0.1) is 4.88 Å². The van der Waals surface area contributed by atoms with Crippen LogP contribution in [0.4, 0.5) is 0 Å². The smallest absolute Gasteiger partial charge is 0.263 e. The largest absolute Gasteiger partial charge is 0.338 e. The van der Waals surface area contributed by atoms with Gasteiger partial charge in [-0.25, -0.2) is 0 Å². The number of hydrogen-bond acceptors (Lipinski definition) is 4. The normalized spacial score (nSPS) is 19.4. The third-order valence-corrected chi connectivity index (χ3v) is 5.98. The zero-order chi connectivity index (χ0) is 13.9. The number of thiophene rings is 2. The Kier molecular flexibility index (Phi) is 4.38. The summed E-state index contributed by atoms with van der Waals surface area (Å²) in [6, 6.07) is 4.15. The van der Waals surface area contributed by atoms with E-state index < -0.39 is 0 Å². The lowest BCUT2D eigenvalue weighted by Gasteiger charge is -2.29. The highest BCUT2D eigenvalue weighted by molar-refractivity contribution is 7.27. The Hall–Kier alpha value is -0.910. The minimum atomic E-state index is 0.200. The van der Waals surface area contributed by atoms with Gasteiger partial charge < -0.3 is 10.2 Å². The fourth-order valence-corrected chi connectivity index (χ4v) is 4.85. The number of nitrogens with one attached hydrogen (secondary N) is 1. The Labute approximate surface area is 127 Å². The number of hydrogen-bond donors (Lipinski definition) is 1. The molecule has 0 radical (unpaired) electrons. The van der Waals surface area contributed by atoms with Gasteiger partial charge in [0.15, 0.2) is 0 Å². The average molecular weight is 308 g/mol. The van der Waals surface area contributed by atoms with Crippen LogP contribution in [0.1, 0.15) is 29.4 Å². The lowest BCUT2D eigenvalue weighted by Crippen LogP contribution is -2.40. The molecule has 1 atom stereocenters. The summed E-state index contributed by atoms with van der Waals surface area (Å²) >= 11 is 3.33. The number of nitrogens with zero attached hydrogens (tertiary/aromatic N) is 1. The van der Waals surface area contributed by atoms with Crippen LogP contribution in [-0.4, -0.2) is 37.0 Å². The first-order chi connectivity index (χ1) is 9.78. The highest BCUT2D eigenvalue weighted by atomic mass is 32.1. The molecule has 3 rings (SSSR count). The zero-order valence-electron chi connectivity index (χ0n) is 11.7. The lowest BCUT2D eigenvalue weighted by atomic mass is 9.99. The van der Waals surface area contributed by atoms with Crippen LogP contribution >= 0.6 is 22.7 Å². The molecule has 1 unspecified atom stereocenters. The van der Waals surface area contributed by atoms with Crippen LogP contribution < -0.4 is 5.32 Å². The van der Waals surface area contributed by atoms with E-state index in [-0.39, 0.29) is 5.91 Å². The van der Waals surface area contributed by atoms with E-state index in [0.717, 1.165) is 31.1 Å². The molecular weight excluding hydrogens is 288 g/mol. The molecule has 3 nitrogen and oxygen atoms in total. The van der Waals surface area contributed by atoms with Gasteiger partial charge in [-0.15, -0.1) is 22.7 Å². The molecule has 2 aromatic heterocycles. The number of carbonyl (C=O) groups excluding carboxylic acids is 1. The number of fused-ring (bicyclic) bond motifs is 1. The first-order valence-electron chi connectivity index (χ1n) is 7.25. The van der Waals surface area contributed by atoms with E-state index in [1.165, 1.54) is 22.2 Å². The Bertz CT molecular complexity index is 555. The second-order valence-corrected chi connectivity index (χ2v) is 7.35. The second-order valence-electron chi connectivity index (χ2n) is 5.32. The first-order valence-corrected chi connectivity index (χ1v) is 8.94. The molecule has 108 valence electrons. The maximum atomic E-state index is 12.6. The Morgan fingerprint density at radius 3 is 3.10 bits per heavy atom. The zero-order valence-corrected chi connectivity index (χ0v) is 13.4. The topological polar surface area (TPSA) is 32.3 Å². The summed E-state index contributed by atoms with van der Waals surface area (Å²) in [4.78, 5) is 15.5. The molecule has 5 heteroatoms. The van der Waals surface area contributed by atoms with Crippen LogP contribution in [0.3, 0.4) is 0 Å². The molecule has 1 saturated heterocycles. The van der Waals surface area contributed by atoms with Crippen molar-refractivity contribution in [2.75, 3.05) is 26.2 Å². The number of piperidine rings is 1. The maximum Gasteiger partial charge on any atom is 0.263 e. The summed E-state index contributed by atoms with van der Waals surface area (Å²) in [7, 11) is 0. The fourth-order valence-electron chi connectivity index (χ4n) is 2.77. The fraction of sp³-hybridized carbons (Fsp3) is 0.533. The SMILES string of the molecule is CCN(CC1CCCNC1)C(=O)c1cc2sccc2s1. The van der Waals surface area contributed by atoms with Crippen LogP contribution in [0.2, 0.25) is 0 Å². The molecule has 1 fully saturated rings. The van der Waals surface area contributed by atoms with E-state index in [4.69, 9.17) is 0 Å². The number of rotatable bonds is 4. The molecule has 0 spiro atoms. The number of carbonyl (C=O) groups is 1. The molecule has 2 aromatic rings. The number of amides is 1. The molecule has 1 aliphatic rings. The third-order valence-electron chi connectivity index (χ3n) is 3.90. The molecule has 0 bridgehead atoms. The molecular formula is C15H20N2OS2. The van der Waals surface area contributed by atoms with Gasteiger partial charge in [0.2, 0.25) is 0 Å². The van der Waals surface area contributed by atoms with Gasteiger partial charge in [-0.3, -0.25) is 4.79 Å². The Morgan fingerprint density at radius 1 is 1.50 bits per heavy atom. The van der Waals surface area contributed by atoms with Crippen molar-refractivity contribution in [2.45, 2.75) is 19.8 Å². The summed E-state index contributed by atoms with van der Waals surface area (Å²) in [5.74, 6) is 0.806. The van der Waals surface area contributed by atoms with Crippen molar-refractivity contribution in [3.8, 4) is 0 Å². The van der Waals surface area contributed by atoms with Crippen molar-refractivity contribution < 1.29 is 4.79 Å². The van der Waals surface area contributed by atoms with Crippen molar-refractivity contribution in [3.05, 3.63) is 22.4 Å². The quantitative estimate of drug-likeness (QED) is 0.938. The van der Waals surface area contributed by atoms with Crippen molar-refractivity contribution in [3.63, 3.8) is 0 Å². The van der Waals surface area contributed by atoms with E-state index in [1.54, 1.807) is 22.7 Å². The van der Waals surface area contributed by atoms with Crippen LogP contribution in [0.5, 0.6) is 0 Å². The first kappa shape index (κ1) is 14.0. The predicted octanol–water partition coefficient (Wildman–Crippen LogP) is 3.42. The van der Waals surface area contributed by atoms with Gasteiger partial charge in [0, 0.05) is 22.5 Å². The molecule has 3 heterocycles. The van der Waals surface area contributed by atoms with E-state index in [9.17, 15) is 4.79 Å². The summed E-state index contributed by atoms with van der Waals surface area (Å²) in [5, 5.41) is 5.51. The highest BCUT2D eigenvalue weighted by Crippen LogP contribution is 2.30. The molecule has 20 heavy (non-hydrogen) atoms. The average Bonchev–Trinajstić information content (AvgIpc) is 3.06. The van der Waals surface area contributed by atoms with Gasteiger partial charge in [-0.05, 0) is 56.3 Å². The molecule has 1 amide bonds. The minimum Gasteiger partial charge on any atom is -0.338 e. The van der Waals surface area contributed by atoms with Crippen LogP contribution in [0.25, 0.3) is 9.40 Å². The van der Waals surface area contributed by atoms with Crippen LogP contribution in [-0.2, 0) is 0 Å². The summed E-state index contributed by atoms with van der Waals surface area (Å²) in [5.41, 5.74) is 0. The van der Waals surface area contributed by atoms with Crippen molar-refractivity contribution in [1.82, 2.24) is 10.2 Å². The van der Waals surface area contributed by atoms with Gasteiger partial charge in [0.25, 0.3) is 5.91 Å². The highest BCUT2D eigenvalue weighted by Gasteiger charge is 2.22. The van der Waals surface area contributed by atoms with Crippen molar-refractivity contribution in [2.24, 2.45) is 5.92 Å². The van der Waals surface area contributed by atoms with Crippen LogP contribution in [0.15, 0.2) is 17.5 Å². The summed E-state index contributed by atoms with van der Waals surface area (Å²) in [6.45, 7) is 5.92. The third kappa shape index (κ3) is 2.90. The minimum absolute atomic E-state index is 0.200. The molecule has 0 aliphatic carbocycles. The standard InChI is InChI=1S/C15H20N2OS2/c1-2-17(10-11-4-3-6-16-9-11)15(18)14-8-13-12(20-14)5-7-19-13/h5,7-8,11,16H,2-4,6,9-10H2,1H3. The Morgan fingerprint density at radius 2 is 2.40 bits per heavy atom. The van der Waals surface area contributed by atoms with E-state index >= 15 is 0 Å². The summed E-state index contributed by atoms with van der Waals surface area (Å²) in [6.07, 6.45) is 2.46. The maximum absolute atomic E-state index is 12.6. The van der Waals surface area contributed by atoms with Crippen molar-refractivity contribution >= 4 is 38.0 Å². The van der Waals surface area contributed by atoms with Gasteiger partial charge >= 0.3 is 0 Å². The van der Waals surface area contributed by atoms with Gasteiger partial charge in [-0.1, -0.05) is 0 Å². The molecule has 1 aliphatic heterocycles. The second kappa shape index (κ2) is 6.24. The Balaban J connectivity index is 1.71. The van der Waals surface area contributed by atoms with Gasteiger partial charge in [-0.2, -0.15) is 0 Å². The summed E-state index contributed by atoms with van der Waals surface area (Å²) < 4.78 is 2.46. The molecule has 1 N–H and O–H groups in total. The van der Waals surface area contributed by atoms with E-state index in [1.807, 2.05) is 4.90 Å². The molecule has 0 aromatic carbocycles. The van der Waals surface area contributed by atoms with Crippen LogP contribution in [0, 0.1) is 5.92 Å². The molecule has 0 saturated carbocycles. The lowest BCUT2D eigenvalue weighted by molar-refractivity contribution is 0.0734. The monoisotopic (exact) mass is 308 g/mol. The van der Waals surface area contributed by atoms with Gasteiger partial charge in [0.1, 0.15) is 0 Å².